The molecule has 2 aliphatic heterocycles. The molecule has 9 heteroatoms. The number of nitrogens with zero attached hydrogens (tertiary/aromatic N) is 7. The molecule has 4 aromatic rings. The van der Waals surface area contributed by atoms with Crippen molar-refractivity contribution in [2.45, 2.75) is 115 Å². The van der Waals surface area contributed by atoms with E-state index in [4.69, 9.17) is 0 Å². The molecular weight excluding hydrogens is 791 g/mol. The quantitative estimate of drug-likeness (QED) is 0.111. The van der Waals surface area contributed by atoms with Crippen LogP contribution >= 0.6 is 0 Å². The van der Waals surface area contributed by atoms with Gasteiger partial charge in [-0.2, -0.15) is 0 Å². The molecule has 344 valence electrons. The zero-order valence-electron chi connectivity index (χ0n) is 39.3. The first-order valence-corrected chi connectivity index (χ1v) is 25.0. The van der Waals surface area contributed by atoms with Crippen LogP contribution in [-0.2, 0) is 22.4 Å². The topological polar surface area (TPSA) is 66.5 Å². The molecule has 0 N–H and O–H groups in total. The highest BCUT2D eigenvalue weighted by atomic mass is 16.2. The lowest BCUT2D eigenvalue weighted by Gasteiger charge is -2.51. The fraction of sp³-hybridized carbons (Fsp3) is 0.545. The van der Waals surface area contributed by atoms with E-state index in [9.17, 15) is 9.59 Å². The Morgan fingerprint density at radius 3 is 1.33 bits per heavy atom. The number of piperazine rings is 2. The van der Waals surface area contributed by atoms with Gasteiger partial charge in [0.1, 0.15) is 5.82 Å². The van der Waals surface area contributed by atoms with Crippen LogP contribution in [0.25, 0.3) is 0 Å². The zero-order valence-corrected chi connectivity index (χ0v) is 39.3. The van der Waals surface area contributed by atoms with E-state index >= 15 is 0 Å². The summed E-state index contributed by atoms with van der Waals surface area (Å²) in [7, 11) is 0. The molecule has 0 atom stereocenters. The van der Waals surface area contributed by atoms with Crippen LogP contribution in [0, 0.1) is 0 Å². The predicted molar refractivity (Wildman–Crippen MR) is 264 cm³/mol. The first-order chi connectivity index (χ1) is 31.4. The molecule has 0 unspecified atom stereocenters. The van der Waals surface area contributed by atoms with Crippen LogP contribution in [0.4, 0.5) is 11.5 Å². The van der Waals surface area contributed by atoms with Gasteiger partial charge >= 0.3 is 0 Å². The highest BCUT2D eigenvalue weighted by Crippen LogP contribution is 2.38. The SMILES string of the molecule is CCC(=O)N(CC1(N2CCN(CCc3ccccc3)CC2)CCCCC1)c1ccccc1.CCC(=O)N(CC1(N2CCN(CCc3ccccc3)CC2)CCCCC1)c1ccccn1. The molecule has 0 bridgehead atoms. The number of benzene rings is 3. The molecule has 2 amide bonds. The number of anilines is 2. The van der Waals surface area contributed by atoms with Gasteiger partial charge in [-0.15, -0.1) is 0 Å². The van der Waals surface area contributed by atoms with Crippen LogP contribution in [-0.4, -0.2) is 126 Å². The molecule has 4 fully saturated rings. The molecule has 1 aromatic heterocycles. The normalized spacial score (nSPS) is 19.5. The Morgan fingerprint density at radius 1 is 0.500 bits per heavy atom. The molecule has 9 nitrogen and oxygen atoms in total. The van der Waals surface area contributed by atoms with Crippen LogP contribution in [0.2, 0.25) is 0 Å². The van der Waals surface area contributed by atoms with Crippen molar-refractivity contribution in [2.24, 2.45) is 0 Å². The minimum Gasteiger partial charge on any atom is -0.311 e. The van der Waals surface area contributed by atoms with E-state index in [1.54, 1.807) is 6.20 Å². The molecule has 2 saturated carbocycles. The Labute approximate surface area is 385 Å². The van der Waals surface area contributed by atoms with Crippen molar-refractivity contribution in [1.29, 1.82) is 0 Å². The van der Waals surface area contributed by atoms with Gasteiger partial charge in [-0.3, -0.25) is 24.3 Å². The van der Waals surface area contributed by atoms with E-state index < -0.39 is 0 Å². The van der Waals surface area contributed by atoms with Crippen molar-refractivity contribution in [3.05, 3.63) is 127 Å². The Balaban J connectivity index is 0.000000191. The van der Waals surface area contributed by atoms with E-state index in [0.29, 0.717) is 12.8 Å². The van der Waals surface area contributed by atoms with Crippen molar-refractivity contribution in [2.75, 3.05) is 88.3 Å². The average molecular weight is 868 g/mol. The summed E-state index contributed by atoms with van der Waals surface area (Å²) in [5, 5.41) is 0. The van der Waals surface area contributed by atoms with E-state index in [2.05, 4.69) is 102 Å². The molecular formula is C55H77N7O2. The number of hydrogen-bond donors (Lipinski definition) is 0. The molecule has 2 aliphatic carbocycles. The summed E-state index contributed by atoms with van der Waals surface area (Å²) in [6.07, 6.45) is 17.6. The molecule has 0 radical (unpaired) electrons. The van der Waals surface area contributed by atoms with E-state index in [0.717, 1.165) is 103 Å². The van der Waals surface area contributed by atoms with Gasteiger partial charge in [0.05, 0.1) is 0 Å². The third kappa shape index (κ3) is 12.9. The standard InChI is InChI=1S/C28H39N3O.C27H38N4O/c1-2-27(32)31(26-14-8-4-9-15-26)24-28(17-10-5-11-18-28)30-22-20-29(21-23-30)19-16-25-12-6-3-7-13-25;1-2-26(32)31(25-13-7-10-17-28-25)23-27(15-8-4-9-16-27)30-21-19-29(20-22-30)18-14-24-11-5-3-6-12-24/h3-4,6-9,12-15H,2,5,10-11,16-24H2,1H3;3,5-7,10-13,17H,2,4,8-9,14-16,18-23H2,1H3. The first-order valence-electron chi connectivity index (χ1n) is 25.0. The number of carbonyl (C=O) groups is 2. The van der Waals surface area contributed by atoms with Gasteiger partial charge in [0, 0.05) is 114 Å². The highest BCUT2D eigenvalue weighted by molar-refractivity contribution is 5.93. The minimum atomic E-state index is 0.0755. The summed E-state index contributed by atoms with van der Waals surface area (Å²) in [6.45, 7) is 16.7. The second-order valence-electron chi connectivity index (χ2n) is 18.9. The van der Waals surface area contributed by atoms with Crippen LogP contribution < -0.4 is 9.80 Å². The smallest absolute Gasteiger partial charge is 0.227 e. The van der Waals surface area contributed by atoms with Crippen molar-refractivity contribution in [3.63, 3.8) is 0 Å². The summed E-state index contributed by atoms with van der Waals surface area (Å²) >= 11 is 0. The first kappa shape index (κ1) is 47.5. The Kier molecular flexibility index (Phi) is 18.0. The Bertz CT molecular complexity index is 1790. The molecule has 64 heavy (non-hydrogen) atoms. The minimum absolute atomic E-state index is 0.0755. The molecule has 0 spiro atoms. The van der Waals surface area contributed by atoms with Gasteiger partial charge in [0.2, 0.25) is 11.8 Å². The zero-order chi connectivity index (χ0) is 44.5. The van der Waals surface area contributed by atoms with Crippen molar-refractivity contribution >= 4 is 23.3 Å². The summed E-state index contributed by atoms with van der Waals surface area (Å²) in [4.78, 5) is 45.2. The van der Waals surface area contributed by atoms with Crippen molar-refractivity contribution < 1.29 is 9.59 Å². The summed E-state index contributed by atoms with van der Waals surface area (Å²) in [5.74, 6) is 1.21. The van der Waals surface area contributed by atoms with E-state index in [1.165, 1.54) is 75.3 Å². The third-order valence-electron chi connectivity index (χ3n) is 14.9. The van der Waals surface area contributed by atoms with Gasteiger partial charge in [0.15, 0.2) is 0 Å². The van der Waals surface area contributed by atoms with Gasteiger partial charge in [0.25, 0.3) is 0 Å². The maximum absolute atomic E-state index is 13.0. The van der Waals surface area contributed by atoms with E-state index in [1.807, 2.05) is 55.1 Å². The fourth-order valence-corrected chi connectivity index (χ4v) is 11.0. The molecule has 3 heterocycles. The number of para-hydroxylation sites is 1. The number of pyridine rings is 1. The van der Waals surface area contributed by atoms with Crippen LogP contribution in [0.15, 0.2) is 115 Å². The van der Waals surface area contributed by atoms with Crippen LogP contribution in [0.1, 0.15) is 102 Å². The monoisotopic (exact) mass is 868 g/mol. The second kappa shape index (κ2) is 24.2. The van der Waals surface area contributed by atoms with E-state index in [-0.39, 0.29) is 22.9 Å². The molecule has 2 saturated heterocycles. The molecule has 8 rings (SSSR count). The maximum atomic E-state index is 13.0. The average Bonchev–Trinajstić information content (AvgIpc) is 3.37. The van der Waals surface area contributed by atoms with Gasteiger partial charge in [-0.1, -0.05) is 137 Å². The predicted octanol–water partition coefficient (Wildman–Crippen LogP) is 9.38. The summed E-state index contributed by atoms with van der Waals surface area (Å²) < 4.78 is 0. The lowest BCUT2D eigenvalue weighted by atomic mass is 9.79. The van der Waals surface area contributed by atoms with Gasteiger partial charge in [-0.25, -0.2) is 4.98 Å². The summed E-state index contributed by atoms with van der Waals surface area (Å²) in [5.41, 5.74) is 4.08. The molecule has 4 aliphatic rings. The second-order valence-corrected chi connectivity index (χ2v) is 18.9. The van der Waals surface area contributed by atoms with Crippen LogP contribution in [0.3, 0.4) is 0 Å². The van der Waals surface area contributed by atoms with Crippen LogP contribution in [0.5, 0.6) is 0 Å². The number of rotatable bonds is 16. The number of hydrogen-bond acceptors (Lipinski definition) is 7. The lowest BCUT2D eigenvalue weighted by molar-refractivity contribution is -0.119. The van der Waals surface area contributed by atoms with Crippen molar-refractivity contribution in [1.82, 2.24) is 24.6 Å². The van der Waals surface area contributed by atoms with Gasteiger partial charge < -0.3 is 14.7 Å². The number of carbonyl (C=O) groups excluding carboxylic acids is 2. The number of aromatic nitrogens is 1. The maximum Gasteiger partial charge on any atom is 0.227 e. The largest absolute Gasteiger partial charge is 0.311 e. The highest BCUT2D eigenvalue weighted by Gasteiger charge is 2.43. The Hall–Kier alpha value is -4.41. The Morgan fingerprint density at radius 2 is 0.906 bits per heavy atom. The summed E-state index contributed by atoms with van der Waals surface area (Å²) in [6, 6.07) is 37.8. The fourth-order valence-electron chi connectivity index (χ4n) is 11.0. The van der Waals surface area contributed by atoms with Gasteiger partial charge in [-0.05, 0) is 73.9 Å². The van der Waals surface area contributed by atoms with Crippen molar-refractivity contribution in [3.8, 4) is 0 Å². The third-order valence-corrected chi connectivity index (χ3v) is 14.9. The number of amides is 2. The lowest BCUT2D eigenvalue weighted by Crippen LogP contribution is -2.62. The molecule has 3 aromatic carbocycles.